The first-order chi connectivity index (χ1) is 9.47. The summed E-state index contributed by atoms with van der Waals surface area (Å²) in [6.45, 7) is 8.37. The van der Waals surface area contributed by atoms with Crippen LogP contribution in [-0.2, 0) is 0 Å². The van der Waals surface area contributed by atoms with E-state index in [2.05, 4.69) is 60.1 Å². The van der Waals surface area contributed by atoms with Crippen LogP contribution in [0, 0.1) is 13.8 Å². The van der Waals surface area contributed by atoms with Crippen molar-refractivity contribution in [1.82, 2.24) is 0 Å². The Labute approximate surface area is 130 Å². The molecule has 2 aromatic rings. The van der Waals surface area contributed by atoms with Crippen LogP contribution < -0.4 is 4.74 Å². The Bertz CT molecular complexity index is 572. The molecule has 0 saturated carbocycles. The maximum Gasteiger partial charge on any atom is 0.119 e. The lowest BCUT2D eigenvalue weighted by Gasteiger charge is -2.14. The number of aryl methyl sites for hydroxylation is 2. The first kappa shape index (κ1) is 15.1. The fourth-order valence-corrected chi connectivity index (χ4v) is 2.69. The van der Waals surface area contributed by atoms with Crippen LogP contribution >= 0.6 is 15.9 Å². The minimum absolute atomic E-state index is 0.209. The molecule has 2 heteroatoms. The monoisotopic (exact) mass is 332 g/mol. The third-order valence-corrected chi connectivity index (χ3v) is 4.43. The van der Waals surface area contributed by atoms with Gasteiger partial charge in [-0.15, -0.1) is 0 Å². The molecule has 2 rings (SSSR count). The average Bonchev–Trinajstić information content (AvgIpc) is 2.41. The van der Waals surface area contributed by atoms with Crippen LogP contribution in [0.5, 0.6) is 5.75 Å². The Morgan fingerprint density at radius 2 is 1.45 bits per heavy atom. The van der Waals surface area contributed by atoms with Crippen molar-refractivity contribution >= 4 is 15.9 Å². The fourth-order valence-electron chi connectivity index (χ4n) is 2.10. The molecule has 0 heterocycles. The zero-order valence-corrected chi connectivity index (χ0v) is 14.1. The molecule has 1 atom stereocenters. The molecule has 1 nitrogen and oxygen atoms in total. The molecule has 0 radical (unpaired) electrons. The Kier molecular flexibility index (Phi) is 4.87. The quantitative estimate of drug-likeness (QED) is 0.664. The first-order valence-corrected chi connectivity index (χ1v) is 7.87. The predicted octanol–water partition coefficient (Wildman–Crippen LogP) is 5.57. The van der Waals surface area contributed by atoms with Crippen LogP contribution in [0.4, 0.5) is 0 Å². The average molecular weight is 333 g/mol. The molecule has 1 unspecified atom stereocenters. The fraction of sp³-hybridized carbons (Fsp3) is 0.333. The van der Waals surface area contributed by atoms with Gasteiger partial charge in [0.1, 0.15) is 5.75 Å². The van der Waals surface area contributed by atoms with Crippen molar-refractivity contribution in [3.05, 3.63) is 64.7 Å². The SMILES string of the molecule is Cc1ccc(C(Br)c2ccc(OC(C)C)cc2)cc1C. The van der Waals surface area contributed by atoms with Gasteiger partial charge in [0.15, 0.2) is 0 Å². The van der Waals surface area contributed by atoms with Gasteiger partial charge in [-0.1, -0.05) is 46.3 Å². The van der Waals surface area contributed by atoms with Crippen molar-refractivity contribution in [3.8, 4) is 5.75 Å². The number of halogens is 1. The molecule has 0 N–H and O–H groups in total. The van der Waals surface area contributed by atoms with Gasteiger partial charge in [-0.3, -0.25) is 0 Å². The number of benzene rings is 2. The second-order valence-electron chi connectivity index (χ2n) is 5.44. The topological polar surface area (TPSA) is 9.23 Å². The zero-order chi connectivity index (χ0) is 14.7. The standard InChI is InChI=1S/C18H21BrO/c1-12(2)20-17-9-7-15(8-10-17)18(19)16-6-5-13(3)14(4)11-16/h5-12,18H,1-4H3. The Hall–Kier alpha value is -1.28. The van der Waals surface area contributed by atoms with Gasteiger partial charge in [-0.25, -0.2) is 0 Å². The molecular weight excluding hydrogens is 312 g/mol. The largest absolute Gasteiger partial charge is 0.491 e. The van der Waals surface area contributed by atoms with Gasteiger partial charge in [0.05, 0.1) is 10.9 Å². The number of alkyl halides is 1. The van der Waals surface area contributed by atoms with Crippen LogP contribution in [0.15, 0.2) is 42.5 Å². The van der Waals surface area contributed by atoms with Gasteiger partial charge in [0, 0.05) is 0 Å². The summed E-state index contributed by atoms with van der Waals surface area (Å²) in [4.78, 5) is 0.218. The highest BCUT2D eigenvalue weighted by atomic mass is 79.9. The molecule has 2 aromatic carbocycles. The van der Waals surface area contributed by atoms with E-state index in [4.69, 9.17) is 4.74 Å². The molecule has 106 valence electrons. The molecule has 0 amide bonds. The van der Waals surface area contributed by atoms with Crippen LogP contribution in [0.1, 0.15) is 40.9 Å². The van der Waals surface area contributed by atoms with E-state index < -0.39 is 0 Å². The lowest BCUT2D eigenvalue weighted by molar-refractivity contribution is 0.242. The van der Waals surface area contributed by atoms with Crippen molar-refractivity contribution in [3.63, 3.8) is 0 Å². The summed E-state index contributed by atoms with van der Waals surface area (Å²) in [6, 6.07) is 14.9. The van der Waals surface area contributed by atoms with Crippen LogP contribution in [0.3, 0.4) is 0 Å². The smallest absolute Gasteiger partial charge is 0.119 e. The minimum Gasteiger partial charge on any atom is -0.491 e. The van der Waals surface area contributed by atoms with Gasteiger partial charge in [0.2, 0.25) is 0 Å². The lowest BCUT2D eigenvalue weighted by Crippen LogP contribution is -2.05. The molecule has 0 aromatic heterocycles. The van der Waals surface area contributed by atoms with E-state index in [1.807, 2.05) is 26.0 Å². The summed E-state index contributed by atoms with van der Waals surface area (Å²) < 4.78 is 5.67. The molecule has 0 aliphatic rings. The van der Waals surface area contributed by atoms with E-state index in [0.29, 0.717) is 0 Å². The second-order valence-corrected chi connectivity index (χ2v) is 6.36. The van der Waals surface area contributed by atoms with Crippen LogP contribution in [0.25, 0.3) is 0 Å². The van der Waals surface area contributed by atoms with Gasteiger partial charge >= 0.3 is 0 Å². The Morgan fingerprint density at radius 1 is 0.850 bits per heavy atom. The molecular formula is C18H21BrO. The van der Waals surface area contributed by atoms with Crippen molar-refractivity contribution in [2.45, 2.75) is 38.6 Å². The number of ether oxygens (including phenoxy) is 1. The maximum absolute atomic E-state index is 5.67. The first-order valence-electron chi connectivity index (χ1n) is 6.95. The van der Waals surface area contributed by atoms with Crippen molar-refractivity contribution in [2.24, 2.45) is 0 Å². The molecule has 0 saturated heterocycles. The lowest BCUT2D eigenvalue weighted by atomic mass is 10.0. The van der Waals surface area contributed by atoms with Gasteiger partial charge in [-0.05, 0) is 62.1 Å². The second kappa shape index (κ2) is 6.45. The van der Waals surface area contributed by atoms with Crippen LogP contribution in [0.2, 0.25) is 0 Å². The molecule has 0 aliphatic carbocycles. The third kappa shape index (κ3) is 3.63. The normalized spacial score (nSPS) is 12.5. The predicted molar refractivity (Wildman–Crippen MR) is 88.9 cm³/mol. The summed E-state index contributed by atoms with van der Waals surface area (Å²) in [7, 11) is 0. The summed E-state index contributed by atoms with van der Waals surface area (Å²) in [5.41, 5.74) is 5.18. The van der Waals surface area contributed by atoms with E-state index in [1.54, 1.807) is 0 Å². The summed E-state index contributed by atoms with van der Waals surface area (Å²) >= 11 is 3.79. The zero-order valence-electron chi connectivity index (χ0n) is 12.5. The van der Waals surface area contributed by atoms with E-state index in [9.17, 15) is 0 Å². The molecule has 0 bridgehead atoms. The van der Waals surface area contributed by atoms with E-state index >= 15 is 0 Å². The van der Waals surface area contributed by atoms with Gasteiger partial charge in [0.25, 0.3) is 0 Å². The minimum atomic E-state index is 0.209. The van der Waals surface area contributed by atoms with E-state index in [0.717, 1.165) is 5.75 Å². The maximum atomic E-state index is 5.67. The van der Waals surface area contributed by atoms with Gasteiger partial charge < -0.3 is 4.74 Å². The van der Waals surface area contributed by atoms with Crippen LogP contribution in [-0.4, -0.2) is 6.10 Å². The molecule has 0 fully saturated rings. The van der Waals surface area contributed by atoms with Gasteiger partial charge in [-0.2, -0.15) is 0 Å². The van der Waals surface area contributed by atoms with Crippen molar-refractivity contribution < 1.29 is 4.74 Å². The molecule has 0 spiro atoms. The highest BCUT2D eigenvalue weighted by Crippen LogP contribution is 2.32. The highest BCUT2D eigenvalue weighted by Gasteiger charge is 2.11. The summed E-state index contributed by atoms with van der Waals surface area (Å²) in [6.07, 6.45) is 0.209. The third-order valence-electron chi connectivity index (χ3n) is 3.37. The molecule has 20 heavy (non-hydrogen) atoms. The van der Waals surface area contributed by atoms with E-state index in [1.165, 1.54) is 22.3 Å². The number of hydrogen-bond acceptors (Lipinski definition) is 1. The van der Waals surface area contributed by atoms with Crippen molar-refractivity contribution in [2.75, 3.05) is 0 Å². The Morgan fingerprint density at radius 3 is 2.00 bits per heavy atom. The number of rotatable bonds is 4. The summed E-state index contributed by atoms with van der Waals surface area (Å²) in [5.74, 6) is 0.920. The highest BCUT2D eigenvalue weighted by molar-refractivity contribution is 9.09. The van der Waals surface area contributed by atoms with E-state index in [-0.39, 0.29) is 10.9 Å². The number of hydrogen-bond donors (Lipinski definition) is 0. The Balaban J connectivity index is 2.20. The molecule has 0 aliphatic heterocycles. The van der Waals surface area contributed by atoms with Crippen molar-refractivity contribution in [1.29, 1.82) is 0 Å². The summed E-state index contributed by atoms with van der Waals surface area (Å²) in [5, 5.41) is 0.